The first-order chi connectivity index (χ1) is 8.94. The number of ether oxygens (including phenoxy) is 1. The van der Waals surface area contributed by atoms with Crippen molar-refractivity contribution < 1.29 is 47.3 Å². The van der Waals surface area contributed by atoms with Gasteiger partial charge >= 0.3 is 29.6 Å². The van der Waals surface area contributed by atoms with E-state index < -0.39 is 10.1 Å². The molecule has 2 rings (SSSR count). The maximum Gasteiger partial charge on any atom is 1.00 e. The second-order valence-corrected chi connectivity index (χ2v) is 6.04. The first-order valence-corrected chi connectivity index (χ1v) is 7.67. The van der Waals surface area contributed by atoms with Crippen LogP contribution in [0.5, 0.6) is 5.75 Å². The quantitative estimate of drug-likeness (QED) is 0.430. The van der Waals surface area contributed by atoms with Crippen LogP contribution >= 0.6 is 0 Å². The zero-order valence-electron chi connectivity index (χ0n) is 11.7. The van der Waals surface area contributed by atoms with Crippen molar-refractivity contribution in [3.05, 3.63) is 30.0 Å². The number of hydrogen-bond acceptors (Lipinski definition) is 4. The summed E-state index contributed by atoms with van der Waals surface area (Å²) in [4.78, 5) is 3.22. The summed E-state index contributed by atoms with van der Waals surface area (Å²) in [6.07, 6.45) is 0.878. The van der Waals surface area contributed by atoms with Gasteiger partial charge in [-0.1, -0.05) is 0 Å². The van der Waals surface area contributed by atoms with E-state index >= 15 is 0 Å². The molecule has 0 aliphatic rings. The van der Waals surface area contributed by atoms with Crippen LogP contribution in [0, 0.1) is 6.92 Å². The Balaban J connectivity index is 0.00000200. The Bertz CT molecular complexity index is 666. The van der Waals surface area contributed by atoms with Crippen LogP contribution in [0.15, 0.2) is 24.3 Å². The van der Waals surface area contributed by atoms with Crippen LogP contribution in [0.25, 0.3) is 10.9 Å². The van der Waals surface area contributed by atoms with Gasteiger partial charge in [-0.05, 0) is 44.0 Å². The summed E-state index contributed by atoms with van der Waals surface area (Å²) in [6.45, 7) is 2.40. The van der Waals surface area contributed by atoms with Crippen molar-refractivity contribution in [2.45, 2.75) is 19.8 Å². The minimum Gasteiger partial charge on any atom is -0.748 e. The molecule has 1 aromatic heterocycles. The van der Waals surface area contributed by atoms with Gasteiger partial charge in [0, 0.05) is 22.3 Å². The average Bonchev–Trinajstić information content (AvgIpc) is 2.66. The Morgan fingerprint density at radius 3 is 2.70 bits per heavy atom. The topological polar surface area (TPSA) is 82.2 Å². The second-order valence-electron chi connectivity index (χ2n) is 4.52. The van der Waals surface area contributed by atoms with E-state index in [4.69, 9.17) is 4.74 Å². The van der Waals surface area contributed by atoms with E-state index in [-0.39, 0.29) is 35.3 Å². The molecule has 0 unspecified atom stereocenters. The van der Waals surface area contributed by atoms with Crippen molar-refractivity contribution in [2.75, 3.05) is 12.4 Å². The molecule has 0 radical (unpaired) electrons. The van der Waals surface area contributed by atoms with E-state index in [0.717, 1.165) is 22.3 Å². The van der Waals surface area contributed by atoms with Crippen LogP contribution in [0.4, 0.5) is 0 Å². The summed E-state index contributed by atoms with van der Waals surface area (Å²) in [5.74, 6) is 0.420. The molecule has 5 nitrogen and oxygen atoms in total. The number of fused-ring (bicyclic) bond motifs is 1. The Morgan fingerprint density at radius 2 is 2.00 bits per heavy atom. The molecule has 0 spiro atoms. The van der Waals surface area contributed by atoms with Gasteiger partial charge in [0.15, 0.2) is 0 Å². The third-order valence-electron chi connectivity index (χ3n) is 2.78. The van der Waals surface area contributed by atoms with Gasteiger partial charge in [0.1, 0.15) is 5.75 Å². The second kappa shape index (κ2) is 7.47. The van der Waals surface area contributed by atoms with Crippen LogP contribution in [0.3, 0.4) is 0 Å². The Kier molecular flexibility index (Phi) is 6.54. The molecule has 0 bridgehead atoms. The summed E-state index contributed by atoms with van der Waals surface area (Å²) in [6, 6.07) is 7.78. The van der Waals surface area contributed by atoms with E-state index in [1.807, 2.05) is 31.2 Å². The smallest absolute Gasteiger partial charge is 0.748 e. The zero-order chi connectivity index (χ0) is 13.9. The minimum atomic E-state index is -4.10. The standard InChI is InChI=1S/C13H17NO4S.Na/c1-10-8-11-9-12(4-5-13(11)14-10)18-6-2-3-7-19(15,16)17;/h4-5,8-9,14H,2-3,6-7H2,1H3,(H,15,16,17);/q;+1/p-1. The van der Waals surface area contributed by atoms with E-state index in [1.165, 1.54) is 0 Å². The van der Waals surface area contributed by atoms with E-state index in [2.05, 4.69) is 4.98 Å². The van der Waals surface area contributed by atoms with Crippen molar-refractivity contribution in [1.29, 1.82) is 0 Å². The zero-order valence-corrected chi connectivity index (χ0v) is 14.5. The predicted octanol–water partition coefficient (Wildman–Crippen LogP) is -0.815. The molecule has 0 atom stereocenters. The predicted molar refractivity (Wildman–Crippen MR) is 72.3 cm³/mol. The molecular weight excluding hydrogens is 289 g/mol. The number of aromatic nitrogens is 1. The number of aromatic amines is 1. The maximum atomic E-state index is 10.4. The van der Waals surface area contributed by atoms with Crippen molar-refractivity contribution >= 4 is 21.0 Å². The Hall–Kier alpha value is -0.530. The first kappa shape index (κ1) is 17.5. The number of nitrogens with one attached hydrogen (secondary N) is 1. The monoisotopic (exact) mass is 305 g/mol. The fourth-order valence-electron chi connectivity index (χ4n) is 1.92. The van der Waals surface area contributed by atoms with Gasteiger partial charge in [-0.15, -0.1) is 0 Å². The molecule has 0 fully saturated rings. The van der Waals surface area contributed by atoms with Crippen LogP contribution in [-0.4, -0.2) is 30.3 Å². The minimum absolute atomic E-state index is 0. The van der Waals surface area contributed by atoms with Crippen molar-refractivity contribution in [2.24, 2.45) is 0 Å². The largest absolute Gasteiger partial charge is 1.00 e. The van der Waals surface area contributed by atoms with Gasteiger partial charge in [0.2, 0.25) is 0 Å². The number of rotatable bonds is 6. The number of benzene rings is 1. The van der Waals surface area contributed by atoms with E-state index in [0.29, 0.717) is 19.4 Å². The van der Waals surface area contributed by atoms with Gasteiger partial charge in [-0.3, -0.25) is 0 Å². The molecule has 0 aliphatic heterocycles. The normalized spacial score (nSPS) is 11.3. The summed E-state index contributed by atoms with van der Waals surface area (Å²) in [5, 5.41) is 1.08. The van der Waals surface area contributed by atoms with Gasteiger partial charge in [0.25, 0.3) is 0 Å². The molecule has 7 heteroatoms. The number of aryl methyl sites for hydroxylation is 1. The summed E-state index contributed by atoms with van der Waals surface area (Å²) in [7, 11) is -4.10. The van der Waals surface area contributed by atoms with E-state index in [1.54, 1.807) is 0 Å². The summed E-state index contributed by atoms with van der Waals surface area (Å²) >= 11 is 0. The number of unbranched alkanes of at least 4 members (excludes halogenated alkanes) is 1. The van der Waals surface area contributed by atoms with Gasteiger partial charge in [-0.2, -0.15) is 0 Å². The molecule has 1 N–H and O–H groups in total. The molecule has 1 aromatic carbocycles. The van der Waals surface area contributed by atoms with Crippen LogP contribution in [-0.2, 0) is 10.1 Å². The molecule has 2 aromatic rings. The number of hydrogen-bond donors (Lipinski definition) is 1. The third kappa shape index (κ3) is 5.46. The molecule has 0 aliphatic carbocycles. The third-order valence-corrected chi connectivity index (χ3v) is 3.57. The SMILES string of the molecule is Cc1cc2cc(OCCCCS(=O)(=O)[O-])ccc2[nH]1.[Na+]. The van der Waals surface area contributed by atoms with E-state index in [9.17, 15) is 13.0 Å². The Labute approximate surface area is 140 Å². The molecular formula is C13H16NNaO4S. The summed E-state index contributed by atoms with van der Waals surface area (Å²) < 4.78 is 36.8. The molecule has 0 saturated heterocycles. The van der Waals surface area contributed by atoms with Crippen molar-refractivity contribution in [3.63, 3.8) is 0 Å². The molecule has 0 saturated carbocycles. The number of H-pyrrole nitrogens is 1. The maximum absolute atomic E-state index is 10.4. The van der Waals surface area contributed by atoms with Gasteiger partial charge < -0.3 is 14.3 Å². The van der Waals surface area contributed by atoms with Crippen molar-refractivity contribution in [1.82, 2.24) is 4.98 Å². The first-order valence-electron chi connectivity index (χ1n) is 6.10. The van der Waals surface area contributed by atoms with Crippen molar-refractivity contribution in [3.8, 4) is 5.75 Å². The fourth-order valence-corrected chi connectivity index (χ4v) is 2.47. The van der Waals surface area contributed by atoms with Crippen LogP contribution in [0.2, 0.25) is 0 Å². The molecule has 104 valence electrons. The van der Waals surface area contributed by atoms with Crippen LogP contribution in [0.1, 0.15) is 18.5 Å². The summed E-state index contributed by atoms with van der Waals surface area (Å²) in [5.41, 5.74) is 2.15. The molecule has 20 heavy (non-hydrogen) atoms. The molecule has 1 heterocycles. The van der Waals surface area contributed by atoms with Gasteiger partial charge in [0.05, 0.1) is 16.7 Å². The fraction of sp³-hybridized carbons (Fsp3) is 0.385. The van der Waals surface area contributed by atoms with Crippen LogP contribution < -0.4 is 34.3 Å². The Morgan fingerprint density at radius 1 is 1.25 bits per heavy atom. The average molecular weight is 305 g/mol. The molecule has 0 amide bonds. The van der Waals surface area contributed by atoms with Gasteiger partial charge in [-0.25, -0.2) is 8.42 Å².